The summed E-state index contributed by atoms with van der Waals surface area (Å²) < 4.78 is 5.07. The maximum atomic E-state index is 11.6. The van der Waals surface area contributed by atoms with Crippen LogP contribution in [0.2, 0.25) is 0 Å². The number of nitrogens with zero attached hydrogens (tertiary/aromatic N) is 2. The van der Waals surface area contributed by atoms with Crippen LogP contribution in [-0.2, 0) is 9.59 Å². The Morgan fingerprint density at radius 3 is 2.50 bits per heavy atom. The Morgan fingerprint density at radius 2 is 2.06 bits per heavy atom. The monoisotopic (exact) mass is 222 g/mol. The van der Waals surface area contributed by atoms with Gasteiger partial charge < -0.3 is 9.42 Å². The van der Waals surface area contributed by atoms with Crippen molar-refractivity contribution in [3.63, 3.8) is 0 Å². The minimum absolute atomic E-state index is 0.0215. The molecular formula is C11H14N2O3. The quantitative estimate of drug-likeness (QED) is 0.704. The Bertz CT molecular complexity index is 431. The largest absolute Gasteiger partial charge is 0.361 e. The SMILES string of the molecule is Cc1noc(C)c1C(C)N1CC(=O)CC1=O. The van der Waals surface area contributed by atoms with Gasteiger partial charge in [0.25, 0.3) is 0 Å². The third-order valence-corrected chi connectivity index (χ3v) is 2.99. The van der Waals surface area contributed by atoms with Gasteiger partial charge in [0.1, 0.15) is 5.76 Å². The number of rotatable bonds is 2. The topological polar surface area (TPSA) is 63.4 Å². The van der Waals surface area contributed by atoms with Gasteiger partial charge in [0, 0.05) is 5.56 Å². The van der Waals surface area contributed by atoms with Gasteiger partial charge in [-0.2, -0.15) is 0 Å². The Labute approximate surface area is 93.4 Å². The van der Waals surface area contributed by atoms with Crippen molar-refractivity contribution in [3.05, 3.63) is 17.0 Å². The fourth-order valence-electron chi connectivity index (χ4n) is 2.20. The molecule has 1 saturated heterocycles. The van der Waals surface area contributed by atoms with Crippen LogP contribution in [0.15, 0.2) is 4.52 Å². The van der Waals surface area contributed by atoms with E-state index in [1.54, 1.807) is 4.90 Å². The predicted molar refractivity (Wildman–Crippen MR) is 55.7 cm³/mol. The Balaban J connectivity index is 2.29. The number of amides is 1. The van der Waals surface area contributed by atoms with Crippen LogP contribution in [0.3, 0.4) is 0 Å². The number of aryl methyl sites for hydroxylation is 2. The molecule has 1 fully saturated rings. The first-order chi connectivity index (χ1) is 7.50. The van der Waals surface area contributed by atoms with Gasteiger partial charge in [-0.1, -0.05) is 5.16 Å². The molecule has 1 aromatic rings. The molecule has 5 heteroatoms. The van der Waals surface area contributed by atoms with E-state index in [1.807, 2.05) is 20.8 Å². The van der Waals surface area contributed by atoms with Gasteiger partial charge in [-0.15, -0.1) is 0 Å². The van der Waals surface area contributed by atoms with Gasteiger partial charge in [0.05, 0.1) is 24.7 Å². The maximum absolute atomic E-state index is 11.6. The minimum atomic E-state index is -0.148. The molecule has 1 unspecified atom stereocenters. The first-order valence-corrected chi connectivity index (χ1v) is 5.24. The molecule has 0 saturated carbocycles. The number of aromatic nitrogens is 1. The molecule has 1 atom stereocenters. The third kappa shape index (κ3) is 1.62. The highest BCUT2D eigenvalue weighted by atomic mass is 16.5. The lowest BCUT2D eigenvalue weighted by Gasteiger charge is -2.23. The fourth-order valence-corrected chi connectivity index (χ4v) is 2.20. The van der Waals surface area contributed by atoms with Crippen LogP contribution < -0.4 is 0 Å². The second-order valence-corrected chi connectivity index (χ2v) is 4.15. The normalized spacial score (nSPS) is 18.3. The van der Waals surface area contributed by atoms with Gasteiger partial charge in [-0.3, -0.25) is 9.59 Å². The molecule has 1 aromatic heterocycles. The van der Waals surface area contributed by atoms with Crippen molar-refractivity contribution >= 4 is 11.7 Å². The highest BCUT2D eigenvalue weighted by molar-refractivity contribution is 6.05. The average molecular weight is 222 g/mol. The average Bonchev–Trinajstić information content (AvgIpc) is 2.70. The van der Waals surface area contributed by atoms with Gasteiger partial charge >= 0.3 is 0 Å². The van der Waals surface area contributed by atoms with Crippen LogP contribution in [0.25, 0.3) is 0 Å². The van der Waals surface area contributed by atoms with Gasteiger partial charge in [0.2, 0.25) is 5.91 Å². The molecule has 1 aliphatic rings. The zero-order chi connectivity index (χ0) is 11.9. The molecular weight excluding hydrogens is 208 g/mol. The molecule has 0 spiro atoms. The van der Waals surface area contributed by atoms with E-state index in [0.29, 0.717) is 5.76 Å². The van der Waals surface area contributed by atoms with E-state index in [4.69, 9.17) is 4.52 Å². The molecule has 2 heterocycles. The van der Waals surface area contributed by atoms with Crippen molar-refractivity contribution in [2.75, 3.05) is 6.54 Å². The third-order valence-electron chi connectivity index (χ3n) is 2.99. The molecule has 0 aliphatic carbocycles. The van der Waals surface area contributed by atoms with E-state index in [9.17, 15) is 9.59 Å². The lowest BCUT2D eigenvalue weighted by molar-refractivity contribution is -0.129. The van der Waals surface area contributed by atoms with Crippen LogP contribution in [0, 0.1) is 13.8 Å². The molecule has 0 aromatic carbocycles. The molecule has 1 aliphatic heterocycles. The number of ketones is 1. The fraction of sp³-hybridized carbons (Fsp3) is 0.545. The van der Waals surface area contributed by atoms with E-state index in [0.717, 1.165) is 11.3 Å². The summed E-state index contributed by atoms with van der Waals surface area (Å²) in [6, 6.07) is -0.148. The second kappa shape index (κ2) is 3.73. The number of likely N-dealkylation sites (tertiary alicyclic amines) is 1. The van der Waals surface area contributed by atoms with Gasteiger partial charge in [-0.25, -0.2) is 0 Å². The van der Waals surface area contributed by atoms with Gasteiger partial charge in [0.15, 0.2) is 5.78 Å². The molecule has 16 heavy (non-hydrogen) atoms. The minimum Gasteiger partial charge on any atom is -0.361 e. The Kier molecular flexibility index (Phi) is 2.53. The molecule has 1 amide bonds. The summed E-state index contributed by atoms with van der Waals surface area (Å²) >= 11 is 0. The van der Waals surface area contributed by atoms with E-state index in [-0.39, 0.29) is 30.7 Å². The summed E-state index contributed by atoms with van der Waals surface area (Å²) in [5, 5.41) is 3.85. The number of carbonyl (C=O) groups excluding carboxylic acids is 2. The van der Waals surface area contributed by atoms with Crippen molar-refractivity contribution in [3.8, 4) is 0 Å². The van der Waals surface area contributed by atoms with Crippen LogP contribution in [0.1, 0.15) is 36.4 Å². The van der Waals surface area contributed by atoms with Gasteiger partial charge in [-0.05, 0) is 20.8 Å². The first kappa shape index (κ1) is 10.9. The number of hydrogen-bond donors (Lipinski definition) is 0. The zero-order valence-electron chi connectivity index (χ0n) is 9.61. The molecule has 86 valence electrons. The summed E-state index contributed by atoms with van der Waals surface area (Å²) in [6.07, 6.45) is 0.0215. The van der Waals surface area contributed by atoms with Crippen molar-refractivity contribution in [1.82, 2.24) is 10.1 Å². The van der Waals surface area contributed by atoms with E-state index >= 15 is 0 Å². The van der Waals surface area contributed by atoms with Crippen molar-refractivity contribution in [1.29, 1.82) is 0 Å². The van der Waals surface area contributed by atoms with E-state index in [1.165, 1.54) is 0 Å². The number of carbonyl (C=O) groups is 2. The molecule has 2 rings (SSSR count). The van der Waals surface area contributed by atoms with Crippen LogP contribution in [0.4, 0.5) is 0 Å². The van der Waals surface area contributed by atoms with Crippen molar-refractivity contribution < 1.29 is 14.1 Å². The summed E-state index contributed by atoms with van der Waals surface area (Å²) in [4.78, 5) is 24.4. The molecule has 0 N–H and O–H groups in total. The number of Topliss-reactive ketones (excluding diaryl/α,β-unsaturated/α-hetero) is 1. The molecule has 5 nitrogen and oxygen atoms in total. The maximum Gasteiger partial charge on any atom is 0.231 e. The van der Waals surface area contributed by atoms with Crippen LogP contribution >= 0.6 is 0 Å². The van der Waals surface area contributed by atoms with E-state index < -0.39 is 0 Å². The van der Waals surface area contributed by atoms with E-state index in [2.05, 4.69) is 5.16 Å². The predicted octanol–water partition coefficient (Wildman–Crippen LogP) is 1.15. The number of hydrogen-bond acceptors (Lipinski definition) is 4. The lowest BCUT2D eigenvalue weighted by atomic mass is 10.1. The lowest BCUT2D eigenvalue weighted by Crippen LogP contribution is -2.29. The smallest absolute Gasteiger partial charge is 0.231 e. The highest BCUT2D eigenvalue weighted by Gasteiger charge is 2.33. The zero-order valence-corrected chi connectivity index (χ0v) is 9.61. The summed E-state index contributed by atoms with van der Waals surface area (Å²) in [7, 11) is 0. The summed E-state index contributed by atoms with van der Waals surface area (Å²) in [5.74, 6) is 0.568. The summed E-state index contributed by atoms with van der Waals surface area (Å²) in [6.45, 7) is 5.74. The summed E-state index contributed by atoms with van der Waals surface area (Å²) in [5.41, 5.74) is 1.68. The molecule has 0 bridgehead atoms. The van der Waals surface area contributed by atoms with Crippen LogP contribution in [0.5, 0.6) is 0 Å². The van der Waals surface area contributed by atoms with Crippen molar-refractivity contribution in [2.24, 2.45) is 0 Å². The Hall–Kier alpha value is -1.65. The van der Waals surface area contributed by atoms with Crippen molar-refractivity contribution in [2.45, 2.75) is 33.2 Å². The van der Waals surface area contributed by atoms with Crippen LogP contribution in [-0.4, -0.2) is 28.3 Å². The highest BCUT2D eigenvalue weighted by Crippen LogP contribution is 2.28. The first-order valence-electron chi connectivity index (χ1n) is 5.24. The second-order valence-electron chi connectivity index (χ2n) is 4.15. The Morgan fingerprint density at radius 1 is 1.38 bits per heavy atom. The standard InChI is InChI=1S/C11H14N2O3/c1-6-11(8(3)16-12-6)7(2)13-5-9(14)4-10(13)15/h7H,4-5H2,1-3H3. The molecule has 0 radical (unpaired) electrons.